The Morgan fingerprint density at radius 1 is 0.974 bits per heavy atom. The Hall–Kier alpha value is -5.95. The number of benzene rings is 2. The van der Waals surface area contributed by atoms with Gasteiger partial charge in [-0.3, -0.25) is 23.7 Å². The molecule has 5 N–H and O–H groups in total. The van der Waals surface area contributed by atoms with Crippen LogP contribution in [-0.4, -0.2) is 87.2 Å². The number of aromatic nitrogens is 7. The molecule has 6 aromatic rings. The number of carbonyl (C=O) groups excluding carboxylic acids is 3. The van der Waals surface area contributed by atoms with Crippen LogP contribution >= 0.6 is 34.5 Å². The number of hydrogen-bond acceptors (Lipinski definition) is 12. The molecular formula is C56H70Cl2FN11O5S. The van der Waals surface area contributed by atoms with Crippen molar-refractivity contribution in [2.24, 2.45) is 11.3 Å². The van der Waals surface area contributed by atoms with Crippen molar-refractivity contribution in [2.75, 3.05) is 12.3 Å². The van der Waals surface area contributed by atoms with Crippen molar-refractivity contribution in [3.8, 4) is 27.3 Å². The summed E-state index contributed by atoms with van der Waals surface area (Å²) in [4.78, 5) is 52.1. The Morgan fingerprint density at radius 3 is 2.53 bits per heavy atom. The molecule has 20 heteroatoms. The fourth-order valence-corrected chi connectivity index (χ4v) is 11.9. The van der Waals surface area contributed by atoms with Crippen LogP contribution in [0.4, 0.5) is 10.2 Å². The molecule has 1 saturated heterocycles. The Kier molecular flexibility index (Phi) is 18.9. The van der Waals surface area contributed by atoms with E-state index in [-0.39, 0.29) is 60.5 Å². The molecule has 1 saturated carbocycles. The second kappa shape index (κ2) is 25.5. The van der Waals surface area contributed by atoms with Gasteiger partial charge in [-0.2, -0.15) is 5.10 Å². The molecule has 0 bridgehead atoms. The van der Waals surface area contributed by atoms with Gasteiger partial charge in [0.1, 0.15) is 24.0 Å². The van der Waals surface area contributed by atoms with Gasteiger partial charge in [0.2, 0.25) is 17.7 Å². The maximum atomic E-state index is 14.2. The number of thiazole rings is 1. The number of carbonyl (C=O) groups is 3. The molecule has 406 valence electrons. The van der Waals surface area contributed by atoms with Crippen molar-refractivity contribution < 1.29 is 28.6 Å². The second-order valence-electron chi connectivity index (χ2n) is 21.5. The van der Waals surface area contributed by atoms with Crippen LogP contribution in [0.25, 0.3) is 21.6 Å². The number of β-amino-alcohol motifs (C(OH)–C–C–N with tert-alkyl or cyclic N) is 1. The number of aliphatic hydroxyl groups is 1. The minimum absolute atomic E-state index is 0.0232. The monoisotopic (exact) mass is 1100 g/mol. The summed E-state index contributed by atoms with van der Waals surface area (Å²) < 4.78 is 24.3. The number of aryl methyl sites for hydroxylation is 3. The van der Waals surface area contributed by atoms with Gasteiger partial charge >= 0.3 is 0 Å². The number of anilines is 1. The number of unbranched alkanes of at least 4 members (excludes halogenated alkanes) is 3. The van der Waals surface area contributed by atoms with Crippen LogP contribution in [-0.2, 0) is 33.9 Å². The van der Waals surface area contributed by atoms with Gasteiger partial charge < -0.3 is 31.1 Å². The molecule has 76 heavy (non-hydrogen) atoms. The lowest BCUT2D eigenvalue weighted by atomic mass is 9.82. The predicted molar refractivity (Wildman–Crippen MR) is 294 cm³/mol. The van der Waals surface area contributed by atoms with Crippen LogP contribution in [0.2, 0.25) is 10.0 Å². The van der Waals surface area contributed by atoms with E-state index in [1.807, 2.05) is 80.7 Å². The summed E-state index contributed by atoms with van der Waals surface area (Å²) in [6.07, 6.45) is 17.2. The van der Waals surface area contributed by atoms with Gasteiger partial charge in [-0.15, -0.1) is 16.4 Å². The maximum absolute atomic E-state index is 14.2. The Morgan fingerprint density at radius 2 is 1.76 bits per heavy atom. The highest BCUT2D eigenvalue weighted by atomic mass is 35.5. The molecule has 4 aromatic heterocycles. The van der Waals surface area contributed by atoms with Gasteiger partial charge in [0, 0.05) is 72.8 Å². The molecule has 16 nitrogen and oxygen atoms in total. The highest BCUT2D eigenvalue weighted by Gasteiger charge is 2.44. The van der Waals surface area contributed by atoms with Crippen LogP contribution < -0.4 is 21.1 Å². The summed E-state index contributed by atoms with van der Waals surface area (Å²) in [5.74, 6) is -0.399. The quantitative estimate of drug-likeness (QED) is 0.0371. The number of aliphatic hydroxyl groups excluding tert-OH is 1. The molecular weight excluding hydrogens is 1030 g/mol. The summed E-state index contributed by atoms with van der Waals surface area (Å²) in [5, 5.41) is 30.4. The molecule has 3 amide bonds. The topological polar surface area (TPSA) is 208 Å². The van der Waals surface area contributed by atoms with Gasteiger partial charge in [-0.05, 0) is 99.5 Å². The van der Waals surface area contributed by atoms with Gasteiger partial charge in [0.25, 0.3) is 0 Å². The van der Waals surface area contributed by atoms with Crippen LogP contribution in [0.5, 0.6) is 5.75 Å². The minimum Gasteiger partial charge on any atom is -0.482 e. The van der Waals surface area contributed by atoms with Gasteiger partial charge in [-0.1, -0.05) is 99.1 Å². The molecule has 0 spiro atoms. The smallest absolute Gasteiger partial charge is 0.246 e. The Labute approximate surface area is 458 Å². The van der Waals surface area contributed by atoms with Crippen molar-refractivity contribution in [3.63, 3.8) is 0 Å². The number of nitrogens with one attached hydrogen (secondary N) is 2. The molecule has 1 aliphatic heterocycles. The van der Waals surface area contributed by atoms with E-state index >= 15 is 0 Å². The largest absolute Gasteiger partial charge is 0.482 e. The number of halogens is 3. The molecule has 6 atom stereocenters. The average Bonchev–Trinajstić information content (AvgIpc) is 4.26. The van der Waals surface area contributed by atoms with Crippen molar-refractivity contribution in [1.29, 1.82) is 0 Å². The molecule has 2 fully saturated rings. The third-order valence-electron chi connectivity index (χ3n) is 14.6. The highest BCUT2D eigenvalue weighted by molar-refractivity contribution is 7.13. The Balaban J connectivity index is 0.724. The average molecular weight is 1100 g/mol. The lowest BCUT2D eigenvalue weighted by Crippen LogP contribution is -2.57. The third kappa shape index (κ3) is 14.3. The standard InChI is InChI=1S/C56H70Cl2FN11O5S/c1-34-51(76-33-63-34)38-19-17-37(18-20-38)27-62-54(73)46-26-43(71)32-69(46)55(74)52(56(3,4)5)65-48(72)16-8-6-7-9-23-68-31-41(66-67-68)14-10-12-36-13-11-15-42(24-36)70-30-40(29-64-70)39-25-47(53(60)61-28-39)75-35(2)49-44(57)21-22-45(59)50(49)58/h17-22,25,28-31,33,35-36,42-43,46,52,71H,6-16,23-24,26-27,32H2,1-5H3,(H2,60,61)(H,62,73)(H,65,72)/t35-,36?,42?,43-,46+,52-/m1/s1. The van der Waals surface area contributed by atoms with E-state index in [1.165, 1.54) is 23.5 Å². The van der Waals surface area contributed by atoms with E-state index in [0.717, 1.165) is 103 Å². The summed E-state index contributed by atoms with van der Waals surface area (Å²) in [5.41, 5.74) is 13.3. The number of nitrogen functional groups attached to an aromatic ring is 1. The maximum Gasteiger partial charge on any atom is 0.246 e. The number of likely N-dealkylation sites (tertiary alicyclic amines) is 1. The fraction of sp³-hybridized carbons (Fsp3) is 0.500. The second-order valence-corrected chi connectivity index (χ2v) is 23.1. The van der Waals surface area contributed by atoms with E-state index < -0.39 is 35.5 Å². The fourth-order valence-electron chi connectivity index (χ4n) is 10.4. The summed E-state index contributed by atoms with van der Waals surface area (Å²) in [6.45, 7) is 10.4. The number of rotatable bonds is 22. The minimum atomic E-state index is -0.869. The van der Waals surface area contributed by atoms with Crippen LogP contribution in [0, 0.1) is 24.1 Å². The first-order valence-corrected chi connectivity index (χ1v) is 28.1. The van der Waals surface area contributed by atoms with Crippen molar-refractivity contribution in [2.45, 2.75) is 162 Å². The highest BCUT2D eigenvalue weighted by Crippen LogP contribution is 2.39. The van der Waals surface area contributed by atoms with Crippen LogP contribution in [0.3, 0.4) is 0 Å². The van der Waals surface area contributed by atoms with Crippen molar-refractivity contribution in [1.82, 2.24) is 50.3 Å². The molecule has 5 heterocycles. The molecule has 1 aliphatic carbocycles. The van der Waals surface area contributed by atoms with E-state index in [1.54, 1.807) is 30.5 Å². The number of nitrogens with zero attached hydrogens (tertiary/aromatic N) is 8. The number of amides is 3. The number of nitrogens with two attached hydrogens (primary N) is 1. The van der Waals surface area contributed by atoms with Gasteiger partial charge in [0.05, 0.1) is 45.1 Å². The van der Waals surface area contributed by atoms with Crippen LogP contribution in [0.1, 0.15) is 139 Å². The van der Waals surface area contributed by atoms with Crippen LogP contribution in [0.15, 0.2) is 72.8 Å². The lowest BCUT2D eigenvalue weighted by Gasteiger charge is -2.35. The summed E-state index contributed by atoms with van der Waals surface area (Å²) in [6, 6.07) is 11.0. The molecule has 2 unspecified atom stereocenters. The Bertz CT molecular complexity index is 2940. The number of hydrogen-bond donors (Lipinski definition) is 4. The first kappa shape index (κ1) is 56.3. The molecule has 8 rings (SSSR count). The van der Waals surface area contributed by atoms with Gasteiger partial charge in [-0.25, -0.2) is 14.4 Å². The molecule has 0 radical (unpaired) electrons. The predicted octanol–water partition coefficient (Wildman–Crippen LogP) is 10.7. The zero-order valence-corrected chi connectivity index (χ0v) is 46.3. The first-order chi connectivity index (χ1) is 36.4. The number of ether oxygens (including phenoxy) is 1. The first-order valence-electron chi connectivity index (χ1n) is 26.5. The molecule has 2 aromatic carbocycles. The lowest BCUT2D eigenvalue weighted by molar-refractivity contribution is -0.144. The zero-order chi connectivity index (χ0) is 54.1. The van der Waals surface area contributed by atoms with Gasteiger partial charge in [0.15, 0.2) is 11.6 Å². The van der Waals surface area contributed by atoms with E-state index in [0.29, 0.717) is 28.7 Å². The number of pyridine rings is 1. The molecule has 2 aliphatic rings. The van der Waals surface area contributed by atoms with E-state index in [4.69, 9.17) is 38.8 Å². The summed E-state index contributed by atoms with van der Waals surface area (Å²) in [7, 11) is 0. The van der Waals surface area contributed by atoms with E-state index in [2.05, 4.69) is 35.6 Å². The zero-order valence-electron chi connectivity index (χ0n) is 44.0. The van der Waals surface area contributed by atoms with E-state index in [9.17, 15) is 23.9 Å². The SMILES string of the molecule is Cc1ncsc1-c1ccc(CNC(=O)[C@@H]2C[C@@H](O)CN2C(=O)[C@@H](NC(=O)CCCCCCn2cc(CCCC3CCCC(n4cc(-c5cnc(N)c(O[C@H](C)c6c(Cl)ccc(F)c6Cl)c5)cn4)C3)nn2)C(C)(C)C)cc1. The summed E-state index contributed by atoms with van der Waals surface area (Å²) >= 11 is 14.2. The van der Waals surface area contributed by atoms with Crippen molar-refractivity contribution >= 4 is 58.1 Å². The van der Waals surface area contributed by atoms with Crippen molar-refractivity contribution in [3.05, 3.63) is 111 Å². The third-order valence-corrected chi connectivity index (χ3v) is 16.3. The normalized spacial score (nSPS) is 18.6.